The van der Waals surface area contributed by atoms with Crippen LogP contribution in [0.4, 0.5) is 0 Å². The normalized spacial score (nSPS) is 17.8. The first kappa shape index (κ1) is 16.4. The van der Waals surface area contributed by atoms with Gasteiger partial charge >= 0.3 is 0 Å². The van der Waals surface area contributed by atoms with E-state index in [4.69, 9.17) is 0 Å². The maximum atomic E-state index is 12.8. The van der Waals surface area contributed by atoms with Crippen LogP contribution in [0.5, 0.6) is 0 Å². The molecule has 0 spiro atoms. The summed E-state index contributed by atoms with van der Waals surface area (Å²) in [5.41, 5.74) is 2.89. The summed E-state index contributed by atoms with van der Waals surface area (Å²) in [6.45, 7) is 5.16. The van der Waals surface area contributed by atoms with Crippen molar-refractivity contribution < 1.29 is 4.79 Å². The third-order valence-corrected chi connectivity index (χ3v) is 4.78. The topological polar surface area (TPSA) is 66.1 Å². The molecule has 5 heteroatoms. The molecule has 0 bridgehead atoms. The number of aromatic amines is 1. The molecule has 1 N–H and O–H groups in total. The van der Waals surface area contributed by atoms with Crippen LogP contribution in [-0.4, -0.2) is 33.9 Å². The number of hydrogen-bond donors (Lipinski definition) is 1. The van der Waals surface area contributed by atoms with Gasteiger partial charge in [0.05, 0.1) is 0 Å². The van der Waals surface area contributed by atoms with Crippen molar-refractivity contribution in [1.29, 1.82) is 0 Å². The standard InChI is InChI=1S/C19H23N3O2/c1-13-9-17(18(23)21-14(13)2)19(24)22-8-4-6-16(12-22)10-15-5-3-7-20-11-15/h3,5,7,9,11,16H,4,6,8,10,12H2,1-2H3,(H,21,23)/t16-/m1/s1. The lowest BCUT2D eigenvalue weighted by Gasteiger charge is -2.32. The van der Waals surface area contributed by atoms with Crippen LogP contribution in [0.15, 0.2) is 35.4 Å². The van der Waals surface area contributed by atoms with Crippen LogP contribution in [0, 0.1) is 19.8 Å². The number of hydrogen-bond acceptors (Lipinski definition) is 3. The molecular weight excluding hydrogens is 302 g/mol. The maximum absolute atomic E-state index is 12.8. The second-order valence-corrected chi connectivity index (χ2v) is 6.64. The van der Waals surface area contributed by atoms with Crippen molar-refractivity contribution in [3.63, 3.8) is 0 Å². The Morgan fingerprint density at radius 2 is 2.25 bits per heavy atom. The minimum atomic E-state index is -0.294. The summed E-state index contributed by atoms with van der Waals surface area (Å²) >= 11 is 0. The van der Waals surface area contributed by atoms with Crippen molar-refractivity contribution in [3.8, 4) is 0 Å². The Morgan fingerprint density at radius 1 is 1.42 bits per heavy atom. The highest BCUT2D eigenvalue weighted by atomic mass is 16.2. The zero-order valence-corrected chi connectivity index (χ0v) is 14.2. The van der Waals surface area contributed by atoms with Crippen LogP contribution < -0.4 is 5.56 Å². The largest absolute Gasteiger partial charge is 0.338 e. The number of piperidine rings is 1. The Morgan fingerprint density at radius 3 is 3.00 bits per heavy atom. The molecule has 1 aliphatic heterocycles. The van der Waals surface area contributed by atoms with Gasteiger partial charge in [-0.2, -0.15) is 0 Å². The number of carbonyl (C=O) groups excluding carboxylic acids is 1. The molecule has 1 fully saturated rings. The van der Waals surface area contributed by atoms with E-state index < -0.39 is 0 Å². The monoisotopic (exact) mass is 325 g/mol. The van der Waals surface area contributed by atoms with Gasteiger partial charge in [-0.3, -0.25) is 14.6 Å². The molecule has 0 saturated carbocycles. The average molecular weight is 325 g/mol. The number of pyridine rings is 2. The second-order valence-electron chi connectivity index (χ2n) is 6.64. The zero-order valence-electron chi connectivity index (χ0n) is 14.2. The molecule has 0 radical (unpaired) electrons. The molecular formula is C19H23N3O2. The summed E-state index contributed by atoms with van der Waals surface area (Å²) in [6, 6.07) is 5.72. The fourth-order valence-corrected chi connectivity index (χ4v) is 3.32. The van der Waals surface area contributed by atoms with E-state index in [1.807, 2.05) is 31.0 Å². The van der Waals surface area contributed by atoms with Crippen LogP contribution in [-0.2, 0) is 6.42 Å². The van der Waals surface area contributed by atoms with E-state index >= 15 is 0 Å². The molecule has 126 valence electrons. The summed E-state index contributed by atoms with van der Waals surface area (Å²) in [7, 11) is 0. The van der Waals surface area contributed by atoms with Crippen molar-refractivity contribution in [1.82, 2.24) is 14.9 Å². The molecule has 0 aliphatic carbocycles. The molecule has 1 saturated heterocycles. The SMILES string of the molecule is Cc1cc(C(=O)N2CCC[C@H](Cc3cccnc3)C2)c(=O)[nH]c1C. The van der Waals surface area contributed by atoms with Gasteiger partial charge < -0.3 is 9.88 Å². The zero-order chi connectivity index (χ0) is 17.1. The predicted molar refractivity (Wildman–Crippen MR) is 93.1 cm³/mol. The van der Waals surface area contributed by atoms with Crippen LogP contribution in [0.2, 0.25) is 0 Å². The lowest BCUT2D eigenvalue weighted by Crippen LogP contribution is -2.42. The van der Waals surface area contributed by atoms with Crippen LogP contribution in [0.3, 0.4) is 0 Å². The van der Waals surface area contributed by atoms with E-state index in [1.165, 1.54) is 5.56 Å². The van der Waals surface area contributed by atoms with Gasteiger partial charge in [0.15, 0.2) is 0 Å². The molecule has 3 heterocycles. The molecule has 24 heavy (non-hydrogen) atoms. The van der Waals surface area contributed by atoms with Crippen LogP contribution in [0.25, 0.3) is 0 Å². The number of H-pyrrole nitrogens is 1. The summed E-state index contributed by atoms with van der Waals surface area (Å²) in [4.78, 5) is 33.7. The summed E-state index contributed by atoms with van der Waals surface area (Å²) in [6.07, 6.45) is 6.64. The first-order valence-electron chi connectivity index (χ1n) is 8.43. The van der Waals surface area contributed by atoms with Gasteiger partial charge in [0.25, 0.3) is 11.5 Å². The molecule has 2 aromatic rings. The van der Waals surface area contributed by atoms with E-state index in [0.29, 0.717) is 12.5 Å². The van der Waals surface area contributed by atoms with Gasteiger partial charge in [0.2, 0.25) is 0 Å². The fourth-order valence-electron chi connectivity index (χ4n) is 3.32. The first-order chi connectivity index (χ1) is 11.5. The maximum Gasteiger partial charge on any atom is 0.261 e. The molecule has 3 rings (SSSR count). The van der Waals surface area contributed by atoms with Gasteiger partial charge in [0, 0.05) is 31.2 Å². The molecule has 0 aromatic carbocycles. The molecule has 2 aromatic heterocycles. The van der Waals surface area contributed by atoms with E-state index in [9.17, 15) is 9.59 Å². The average Bonchev–Trinajstić information content (AvgIpc) is 2.59. The molecule has 1 atom stereocenters. The molecule has 5 nitrogen and oxygen atoms in total. The Labute approximate surface area is 141 Å². The Kier molecular flexibility index (Phi) is 4.79. The van der Waals surface area contributed by atoms with Crippen molar-refractivity contribution in [2.24, 2.45) is 5.92 Å². The minimum Gasteiger partial charge on any atom is -0.338 e. The second kappa shape index (κ2) is 6.99. The van der Waals surface area contributed by atoms with Gasteiger partial charge in [-0.05, 0) is 62.3 Å². The highest BCUT2D eigenvalue weighted by molar-refractivity contribution is 5.94. The van der Waals surface area contributed by atoms with Crippen molar-refractivity contribution in [3.05, 3.63) is 63.3 Å². The third kappa shape index (κ3) is 3.55. The molecule has 1 amide bonds. The molecule has 1 aliphatic rings. The summed E-state index contributed by atoms with van der Waals surface area (Å²) in [5, 5.41) is 0. The van der Waals surface area contributed by atoms with Crippen LogP contribution in [0.1, 0.15) is 40.0 Å². The van der Waals surface area contributed by atoms with E-state index in [2.05, 4.69) is 16.0 Å². The number of aryl methyl sites for hydroxylation is 2. The number of aromatic nitrogens is 2. The highest BCUT2D eigenvalue weighted by Crippen LogP contribution is 2.21. The summed E-state index contributed by atoms with van der Waals surface area (Å²) < 4.78 is 0. The van der Waals surface area contributed by atoms with Gasteiger partial charge in [-0.1, -0.05) is 6.07 Å². The Bertz CT molecular complexity index is 783. The third-order valence-electron chi connectivity index (χ3n) is 4.78. The van der Waals surface area contributed by atoms with E-state index in [1.54, 1.807) is 12.3 Å². The number of likely N-dealkylation sites (tertiary alicyclic amines) is 1. The lowest BCUT2D eigenvalue weighted by atomic mass is 9.91. The lowest BCUT2D eigenvalue weighted by molar-refractivity contribution is 0.0671. The Hall–Kier alpha value is -2.43. The fraction of sp³-hybridized carbons (Fsp3) is 0.421. The summed E-state index contributed by atoms with van der Waals surface area (Å²) in [5.74, 6) is 0.257. The number of rotatable bonds is 3. The van der Waals surface area contributed by atoms with Crippen molar-refractivity contribution in [2.75, 3.05) is 13.1 Å². The Balaban J connectivity index is 1.74. The van der Waals surface area contributed by atoms with Gasteiger partial charge in [0.1, 0.15) is 5.56 Å². The minimum absolute atomic E-state index is 0.157. The van der Waals surface area contributed by atoms with Crippen molar-refractivity contribution in [2.45, 2.75) is 33.1 Å². The number of amides is 1. The van der Waals surface area contributed by atoms with E-state index in [0.717, 1.165) is 37.1 Å². The quantitative estimate of drug-likeness (QED) is 0.943. The smallest absolute Gasteiger partial charge is 0.261 e. The van der Waals surface area contributed by atoms with Crippen molar-refractivity contribution >= 4 is 5.91 Å². The number of carbonyl (C=O) groups is 1. The van der Waals surface area contributed by atoms with Gasteiger partial charge in [-0.25, -0.2) is 0 Å². The number of nitrogens with zero attached hydrogens (tertiary/aromatic N) is 2. The predicted octanol–water partition coefficient (Wildman–Crippen LogP) is 2.48. The van der Waals surface area contributed by atoms with Crippen LogP contribution >= 0.6 is 0 Å². The number of nitrogens with one attached hydrogen (secondary N) is 1. The first-order valence-corrected chi connectivity index (χ1v) is 8.43. The van der Waals surface area contributed by atoms with Gasteiger partial charge in [-0.15, -0.1) is 0 Å². The van der Waals surface area contributed by atoms with E-state index in [-0.39, 0.29) is 17.0 Å². The molecule has 0 unspecified atom stereocenters. The highest BCUT2D eigenvalue weighted by Gasteiger charge is 2.26.